The first-order valence-corrected chi connectivity index (χ1v) is 9.39. The molecule has 0 bridgehead atoms. The number of nitrogens with zero attached hydrogens (tertiary/aromatic N) is 3. The third kappa shape index (κ3) is 3.22. The second-order valence-electron chi connectivity index (χ2n) is 6.09. The molecule has 0 N–H and O–H groups in total. The van der Waals surface area contributed by atoms with Crippen LogP contribution in [0, 0.1) is 0 Å². The highest BCUT2D eigenvalue weighted by atomic mass is 32.1. The molecule has 3 aromatic rings. The van der Waals surface area contributed by atoms with Crippen molar-refractivity contribution in [3.63, 3.8) is 0 Å². The lowest BCUT2D eigenvalue weighted by atomic mass is 10.2. The molecule has 0 saturated heterocycles. The Hall–Kier alpha value is -2.67. The third-order valence-corrected chi connectivity index (χ3v) is 5.58. The monoisotopic (exact) mass is 369 g/mol. The van der Waals surface area contributed by atoms with Gasteiger partial charge in [-0.2, -0.15) is 0 Å². The standard InChI is InChI=1S/C19H19N3O3S/c1-24-14-11-15(13-7-3-2-4-8-13)26-18(14)19(23)25-12-17-21-20-16-9-5-6-10-22(16)17/h2-4,7-8,11H,5-6,9-10,12H2,1H3. The fourth-order valence-corrected chi connectivity index (χ4v) is 4.11. The Morgan fingerprint density at radius 2 is 2.08 bits per heavy atom. The molecule has 26 heavy (non-hydrogen) atoms. The van der Waals surface area contributed by atoms with Crippen molar-refractivity contribution in [2.24, 2.45) is 0 Å². The molecule has 0 fully saturated rings. The molecular weight excluding hydrogens is 350 g/mol. The minimum atomic E-state index is -0.401. The Balaban J connectivity index is 1.51. The van der Waals surface area contributed by atoms with Gasteiger partial charge in [-0.3, -0.25) is 0 Å². The first kappa shape index (κ1) is 16.8. The topological polar surface area (TPSA) is 66.2 Å². The summed E-state index contributed by atoms with van der Waals surface area (Å²) in [5.41, 5.74) is 1.04. The Kier molecular flexibility index (Phi) is 4.71. The van der Waals surface area contributed by atoms with Crippen molar-refractivity contribution in [3.8, 4) is 16.2 Å². The van der Waals surface area contributed by atoms with E-state index in [0.29, 0.717) is 16.5 Å². The van der Waals surface area contributed by atoms with E-state index in [0.717, 1.165) is 42.1 Å². The molecule has 134 valence electrons. The van der Waals surface area contributed by atoms with E-state index in [2.05, 4.69) is 14.8 Å². The molecule has 0 radical (unpaired) electrons. The van der Waals surface area contributed by atoms with Gasteiger partial charge in [0.15, 0.2) is 17.3 Å². The van der Waals surface area contributed by atoms with E-state index in [9.17, 15) is 4.79 Å². The minimum Gasteiger partial charge on any atom is -0.495 e. The van der Waals surface area contributed by atoms with E-state index in [1.54, 1.807) is 7.11 Å². The molecule has 1 aliphatic heterocycles. The average Bonchev–Trinajstić information content (AvgIpc) is 3.31. The van der Waals surface area contributed by atoms with Crippen LogP contribution in [-0.4, -0.2) is 27.8 Å². The van der Waals surface area contributed by atoms with E-state index in [4.69, 9.17) is 9.47 Å². The number of rotatable bonds is 5. The molecule has 6 nitrogen and oxygen atoms in total. The lowest BCUT2D eigenvalue weighted by molar-refractivity contribution is 0.0459. The summed E-state index contributed by atoms with van der Waals surface area (Å²) < 4.78 is 12.9. The molecule has 0 spiro atoms. The van der Waals surface area contributed by atoms with Gasteiger partial charge in [-0.25, -0.2) is 4.79 Å². The van der Waals surface area contributed by atoms with Gasteiger partial charge in [0, 0.05) is 17.8 Å². The highest BCUT2D eigenvalue weighted by Gasteiger charge is 2.21. The number of hydrogen-bond acceptors (Lipinski definition) is 6. The van der Waals surface area contributed by atoms with E-state index in [-0.39, 0.29) is 6.61 Å². The Bertz CT molecular complexity index is 918. The summed E-state index contributed by atoms with van der Waals surface area (Å²) in [4.78, 5) is 14.0. The third-order valence-electron chi connectivity index (χ3n) is 4.43. The first-order valence-electron chi connectivity index (χ1n) is 8.57. The summed E-state index contributed by atoms with van der Waals surface area (Å²) in [5.74, 6) is 1.80. The predicted molar refractivity (Wildman–Crippen MR) is 98.4 cm³/mol. The van der Waals surface area contributed by atoms with Crippen LogP contribution in [0.15, 0.2) is 36.4 Å². The molecule has 3 heterocycles. The van der Waals surface area contributed by atoms with Crippen molar-refractivity contribution >= 4 is 17.3 Å². The molecule has 1 aromatic carbocycles. The van der Waals surface area contributed by atoms with Crippen molar-refractivity contribution in [2.75, 3.05) is 7.11 Å². The molecular formula is C19H19N3O3S. The van der Waals surface area contributed by atoms with Crippen molar-refractivity contribution in [2.45, 2.75) is 32.4 Å². The van der Waals surface area contributed by atoms with Crippen LogP contribution in [0.1, 0.15) is 34.2 Å². The smallest absolute Gasteiger partial charge is 0.352 e. The second kappa shape index (κ2) is 7.29. The summed E-state index contributed by atoms with van der Waals surface area (Å²) in [6.45, 7) is 1.00. The number of methoxy groups -OCH3 is 1. The summed E-state index contributed by atoms with van der Waals surface area (Å²) in [5, 5.41) is 8.35. The first-order chi connectivity index (χ1) is 12.8. The maximum absolute atomic E-state index is 12.6. The number of thiophene rings is 1. The maximum atomic E-state index is 12.6. The largest absolute Gasteiger partial charge is 0.495 e. The number of fused-ring (bicyclic) bond motifs is 1. The number of esters is 1. The number of aromatic nitrogens is 3. The van der Waals surface area contributed by atoms with Gasteiger partial charge in [0.05, 0.1) is 7.11 Å². The molecule has 7 heteroatoms. The number of benzene rings is 1. The van der Waals surface area contributed by atoms with Crippen molar-refractivity contribution in [1.82, 2.24) is 14.8 Å². The van der Waals surface area contributed by atoms with Gasteiger partial charge in [-0.15, -0.1) is 21.5 Å². The summed E-state index contributed by atoms with van der Waals surface area (Å²) in [6.07, 6.45) is 3.16. The van der Waals surface area contributed by atoms with Crippen LogP contribution >= 0.6 is 11.3 Å². The van der Waals surface area contributed by atoms with Crippen LogP contribution in [0.2, 0.25) is 0 Å². The van der Waals surface area contributed by atoms with Gasteiger partial charge < -0.3 is 14.0 Å². The van der Waals surface area contributed by atoms with Gasteiger partial charge in [-0.1, -0.05) is 30.3 Å². The highest BCUT2D eigenvalue weighted by molar-refractivity contribution is 7.17. The fraction of sp³-hybridized carbons (Fsp3) is 0.316. The molecule has 0 unspecified atom stereocenters. The van der Waals surface area contributed by atoms with E-state index in [1.807, 2.05) is 36.4 Å². The van der Waals surface area contributed by atoms with E-state index in [1.165, 1.54) is 11.3 Å². The number of ether oxygens (including phenoxy) is 2. The zero-order valence-electron chi connectivity index (χ0n) is 14.5. The van der Waals surface area contributed by atoms with Crippen LogP contribution in [-0.2, 0) is 24.3 Å². The van der Waals surface area contributed by atoms with Crippen molar-refractivity contribution < 1.29 is 14.3 Å². The van der Waals surface area contributed by atoms with Crippen LogP contribution in [0.5, 0.6) is 5.75 Å². The number of carbonyl (C=O) groups is 1. The summed E-state index contributed by atoms with van der Waals surface area (Å²) in [6, 6.07) is 11.8. The number of aryl methyl sites for hydroxylation is 1. The van der Waals surface area contributed by atoms with Crippen LogP contribution < -0.4 is 4.74 Å². The van der Waals surface area contributed by atoms with Gasteiger partial charge in [0.25, 0.3) is 0 Å². The average molecular weight is 369 g/mol. The summed E-state index contributed by atoms with van der Waals surface area (Å²) >= 11 is 1.37. The minimum absolute atomic E-state index is 0.119. The van der Waals surface area contributed by atoms with Crippen LogP contribution in [0.25, 0.3) is 10.4 Å². The Morgan fingerprint density at radius 1 is 1.23 bits per heavy atom. The van der Waals surface area contributed by atoms with Gasteiger partial charge in [0.1, 0.15) is 11.6 Å². The number of carbonyl (C=O) groups excluding carboxylic acids is 1. The second-order valence-corrected chi connectivity index (χ2v) is 7.14. The van der Waals surface area contributed by atoms with Gasteiger partial charge in [-0.05, 0) is 24.5 Å². The lowest BCUT2D eigenvalue weighted by Gasteiger charge is -2.14. The lowest BCUT2D eigenvalue weighted by Crippen LogP contribution is -2.15. The van der Waals surface area contributed by atoms with Gasteiger partial charge >= 0.3 is 5.97 Å². The van der Waals surface area contributed by atoms with Crippen molar-refractivity contribution in [1.29, 1.82) is 0 Å². The molecule has 0 saturated carbocycles. The zero-order valence-corrected chi connectivity index (χ0v) is 15.3. The van der Waals surface area contributed by atoms with Crippen molar-refractivity contribution in [3.05, 3.63) is 52.9 Å². The predicted octanol–water partition coefficient (Wildman–Crippen LogP) is 3.71. The molecule has 4 rings (SSSR count). The molecule has 0 aliphatic carbocycles. The Labute approximate surface area is 155 Å². The molecule has 2 aromatic heterocycles. The normalized spacial score (nSPS) is 13.3. The van der Waals surface area contributed by atoms with E-state index < -0.39 is 5.97 Å². The Morgan fingerprint density at radius 3 is 2.88 bits per heavy atom. The quantitative estimate of drug-likeness (QED) is 0.642. The molecule has 0 atom stereocenters. The van der Waals surface area contributed by atoms with E-state index >= 15 is 0 Å². The highest BCUT2D eigenvalue weighted by Crippen LogP contribution is 2.36. The number of hydrogen-bond donors (Lipinski definition) is 0. The molecule has 1 aliphatic rings. The van der Waals surface area contributed by atoms with Crippen LogP contribution in [0.3, 0.4) is 0 Å². The maximum Gasteiger partial charge on any atom is 0.352 e. The van der Waals surface area contributed by atoms with Crippen LogP contribution in [0.4, 0.5) is 0 Å². The SMILES string of the molecule is COc1cc(-c2ccccc2)sc1C(=O)OCc1nnc2n1CCCC2. The molecule has 0 amide bonds. The summed E-state index contributed by atoms with van der Waals surface area (Å²) in [7, 11) is 1.56. The van der Waals surface area contributed by atoms with Gasteiger partial charge in [0.2, 0.25) is 0 Å². The fourth-order valence-electron chi connectivity index (χ4n) is 3.08. The zero-order chi connectivity index (χ0) is 17.9.